The van der Waals surface area contributed by atoms with Gasteiger partial charge in [0.15, 0.2) is 11.4 Å². The van der Waals surface area contributed by atoms with Gasteiger partial charge in [0, 0.05) is 0 Å². The topological polar surface area (TPSA) is 48.2 Å². The number of nitrogens with one attached hydrogen (secondary N) is 1. The molecular weight excluding hydrogens is 278 g/mol. The Balaban J connectivity index is 2.26. The second-order valence-electron chi connectivity index (χ2n) is 4.70. The summed E-state index contributed by atoms with van der Waals surface area (Å²) in [6, 6.07) is 14.5. The van der Waals surface area contributed by atoms with Gasteiger partial charge in [-0.05, 0) is 54.5 Å². The molecule has 21 heavy (non-hydrogen) atoms. The van der Waals surface area contributed by atoms with Gasteiger partial charge < -0.3 is 0 Å². The Morgan fingerprint density at radius 3 is 2.29 bits per heavy atom. The summed E-state index contributed by atoms with van der Waals surface area (Å²) in [6.07, 6.45) is 3.77. The van der Waals surface area contributed by atoms with Crippen LogP contribution in [0.3, 0.4) is 0 Å². The van der Waals surface area contributed by atoms with E-state index in [-0.39, 0.29) is 0 Å². The number of nitriles is 1. The molecule has 0 spiro atoms. The molecule has 106 valence electrons. The minimum absolute atomic E-state index is 0.594. The molecule has 0 atom stereocenters. The number of aliphatic imine (C=N–C) groups is 1. The zero-order valence-electron chi connectivity index (χ0n) is 12.3. The predicted octanol–water partition coefficient (Wildman–Crippen LogP) is 4.39. The number of aryl methyl sites for hydroxylation is 2. The molecule has 0 fully saturated rings. The first-order chi connectivity index (χ1) is 10.1. The number of hydrogen-bond acceptors (Lipinski definition) is 3. The van der Waals surface area contributed by atoms with Crippen molar-refractivity contribution < 1.29 is 0 Å². The molecule has 0 saturated heterocycles. The van der Waals surface area contributed by atoms with Crippen molar-refractivity contribution in [3.8, 4) is 17.3 Å². The van der Waals surface area contributed by atoms with Crippen LogP contribution in [0.4, 0.5) is 5.69 Å². The molecule has 0 aliphatic carbocycles. The van der Waals surface area contributed by atoms with Crippen molar-refractivity contribution in [1.29, 1.82) is 5.26 Å². The summed E-state index contributed by atoms with van der Waals surface area (Å²) in [6.45, 7) is 4.23. The average Bonchev–Trinajstić information content (AvgIpc) is 2.50. The lowest BCUT2D eigenvalue weighted by atomic mass is 10.0. The maximum Gasteiger partial charge on any atom is 0.183 e. The largest absolute Gasteiger partial charge is 0.271 e. The molecule has 0 heterocycles. The Bertz CT molecular complexity index is 697. The third kappa shape index (κ3) is 3.87. The SMILES string of the molecule is CSC(=Nc1ccc(-c2ccc(C)c(C)c2)cc1)NC#N. The van der Waals surface area contributed by atoms with Crippen LogP contribution in [0.1, 0.15) is 11.1 Å². The quantitative estimate of drug-likeness (QED) is 0.387. The van der Waals surface area contributed by atoms with Gasteiger partial charge >= 0.3 is 0 Å². The van der Waals surface area contributed by atoms with Crippen LogP contribution in [-0.2, 0) is 0 Å². The second-order valence-corrected chi connectivity index (χ2v) is 5.50. The molecule has 0 radical (unpaired) electrons. The maximum absolute atomic E-state index is 8.63. The van der Waals surface area contributed by atoms with E-state index in [1.165, 1.54) is 28.5 Å². The van der Waals surface area contributed by atoms with Gasteiger partial charge in [0.1, 0.15) is 0 Å². The summed E-state index contributed by atoms with van der Waals surface area (Å²) in [5, 5.41) is 11.8. The minimum Gasteiger partial charge on any atom is -0.271 e. The number of nitrogens with zero attached hydrogens (tertiary/aromatic N) is 2. The van der Waals surface area contributed by atoms with Gasteiger partial charge in [-0.25, -0.2) is 4.99 Å². The van der Waals surface area contributed by atoms with E-state index in [1.54, 1.807) is 0 Å². The van der Waals surface area contributed by atoms with Crippen LogP contribution in [0.5, 0.6) is 0 Å². The molecule has 0 unspecified atom stereocenters. The van der Waals surface area contributed by atoms with Gasteiger partial charge in [0.25, 0.3) is 0 Å². The van der Waals surface area contributed by atoms with Crippen molar-refractivity contribution in [2.75, 3.05) is 6.26 Å². The number of rotatable bonds is 2. The summed E-state index contributed by atoms with van der Waals surface area (Å²) in [5.74, 6) is 0. The molecule has 3 nitrogen and oxygen atoms in total. The molecule has 0 amide bonds. The molecule has 0 bridgehead atoms. The van der Waals surface area contributed by atoms with Crippen molar-refractivity contribution in [3.05, 3.63) is 53.6 Å². The van der Waals surface area contributed by atoms with Crippen molar-refractivity contribution in [2.45, 2.75) is 13.8 Å². The van der Waals surface area contributed by atoms with E-state index in [1.807, 2.05) is 36.7 Å². The highest BCUT2D eigenvalue weighted by Gasteiger charge is 2.01. The van der Waals surface area contributed by atoms with Gasteiger partial charge in [0.05, 0.1) is 5.69 Å². The molecule has 4 heteroatoms. The molecule has 0 aromatic heterocycles. The number of thioether (sulfide) groups is 1. The summed E-state index contributed by atoms with van der Waals surface area (Å²) >= 11 is 1.41. The monoisotopic (exact) mass is 295 g/mol. The lowest BCUT2D eigenvalue weighted by Gasteiger charge is -2.06. The van der Waals surface area contributed by atoms with E-state index in [0.717, 1.165) is 11.3 Å². The van der Waals surface area contributed by atoms with Crippen LogP contribution in [-0.4, -0.2) is 11.4 Å². The van der Waals surface area contributed by atoms with E-state index < -0.39 is 0 Å². The van der Waals surface area contributed by atoms with Gasteiger partial charge in [-0.15, -0.1) is 0 Å². The molecule has 1 N–H and O–H groups in total. The second kappa shape index (κ2) is 6.96. The fourth-order valence-corrected chi connectivity index (χ4v) is 2.28. The predicted molar refractivity (Wildman–Crippen MR) is 90.7 cm³/mol. The van der Waals surface area contributed by atoms with Crippen molar-refractivity contribution in [2.24, 2.45) is 4.99 Å². The normalized spacial score (nSPS) is 11.0. The first-order valence-corrected chi connectivity index (χ1v) is 7.82. The van der Waals surface area contributed by atoms with Crippen molar-refractivity contribution in [3.63, 3.8) is 0 Å². The van der Waals surface area contributed by atoms with Crippen LogP contribution in [0, 0.1) is 25.3 Å². The number of hydrogen-bond donors (Lipinski definition) is 1. The van der Waals surface area contributed by atoms with Crippen LogP contribution < -0.4 is 5.32 Å². The zero-order chi connectivity index (χ0) is 15.2. The summed E-state index contributed by atoms with van der Waals surface area (Å²) in [7, 11) is 0. The van der Waals surface area contributed by atoms with Gasteiger partial charge in [0.2, 0.25) is 0 Å². The highest BCUT2D eigenvalue weighted by Crippen LogP contribution is 2.25. The molecular formula is C17H17N3S. The number of amidine groups is 1. The first kappa shape index (κ1) is 15.1. The molecule has 2 rings (SSSR count). The van der Waals surface area contributed by atoms with Crippen LogP contribution in [0.2, 0.25) is 0 Å². The van der Waals surface area contributed by atoms with E-state index in [2.05, 4.69) is 42.4 Å². The van der Waals surface area contributed by atoms with E-state index in [0.29, 0.717) is 5.17 Å². The highest BCUT2D eigenvalue weighted by atomic mass is 32.2. The van der Waals surface area contributed by atoms with Crippen LogP contribution >= 0.6 is 11.8 Å². The zero-order valence-corrected chi connectivity index (χ0v) is 13.2. The first-order valence-electron chi connectivity index (χ1n) is 6.59. The Morgan fingerprint density at radius 2 is 1.71 bits per heavy atom. The molecule has 0 saturated carbocycles. The Kier molecular flexibility index (Phi) is 5.02. The van der Waals surface area contributed by atoms with E-state index in [4.69, 9.17) is 5.26 Å². The number of benzene rings is 2. The standard InChI is InChI=1S/C17H17N3S/c1-12-4-5-15(10-13(12)2)14-6-8-16(9-7-14)20-17(21-3)19-11-18/h4-10H,1-3H3,(H,19,20). The molecule has 0 aliphatic rings. The lowest BCUT2D eigenvalue weighted by Crippen LogP contribution is -2.12. The Hall–Kier alpha value is -2.25. The third-order valence-corrected chi connectivity index (χ3v) is 3.87. The molecule has 0 aliphatic heterocycles. The van der Waals surface area contributed by atoms with Crippen LogP contribution in [0.25, 0.3) is 11.1 Å². The highest BCUT2D eigenvalue weighted by molar-refractivity contribution is 8.13. The lowest BCUT2D eigenvalue weighted by molar-refractivity contribution is 1.28. The molecule has 2 aromatic rings. The summed E-state index contributed by atoms with van der Waals surface area (Å²) in [4.78, 5) is 4.38. The van der Waals surface area contributed by atoms with E-state index in [9.17, 15) is 0 Å². The van der Waals surface area contributed by atoms with E-state index >= 15 is 0 Å². The summed E-state index contributed by atoms with van der Waals surface area (Å²) in [5.41, 5.74) is 5.78. The minimum atomic E-state index is 0.594. The Labute approximate surface area is 129 Å². The van der Waals surface area contributed by atoms with Crippen molar-refractivity contribution in [1.82, 2.24) is 5.32 Å². The van der Waals surface area contributed by atoms with Crippen molar-refractivity contribution >= 4 is 22.6 Å². The van der Waals surface area contributed by atoms with Gasteiger partial charge in [-0.3, -0.25) is 5.32 Å². The summed E-state index contributed by atoms with van der Waals surface area (Å²) < 4.78 is 0. The Morgan fingerprint density at radius 1 is 1.05 bits per heavy atom. The van der Waals surface area contributed by atoms with Gasteiger partial charge in [-0.2, -0.15) is 5.26 Å². The fourth-order valence-electron chi connectivity index (χ4n) is 1.94. The third-order valence-electron chi connectivity index (χ3n) is 3.29. The smallest absolute Gasteiger partial charge is 0.183 e. The average molecular weight is 295 g/mol. The maximum atomic E-state index is 8.63. The molecule has 2 aromatic carbocycles. The van der Waals surface area contributed by atoms with Gasteiger partial charge in [-0.1, -0.05) is 42.1 Å². The fraction of sp³-hybridized carbons (Fsp3) is 0.176. The van der Waals surface area contributed by atoms with Crippen LogP contribution in [0.15, 0.2) is 47.5 Å².